The van der Waals surface area contributed by atoms with Crippen molar-refractivity contribution >= 4 is 5.97 Å². The summed E-state index contributed by atoms with van der Waals surface area (Å²) in [6, 6.07) is 2.12. The molecule has 21 heavy (non-hydrogen) atoms. The van der Waals surface area contributed by atoms with Crippen molar-refractivity contribution in [2.75, 3.05) is 13.2 Å². The van der Waals surface area contributed by atoms with Crippen LogP contribution in [0.3, 0.4) is 0 Å². The molecule has 0 aromatic rings. The Bertz CT molecular complexity index is 529. The zero-order valence-corrected chi connectivity index (χ0v) is 12.6. The number of aliphatic carboxylic acids is 1. The molecule has 1 heterocycles. The fourth-order valence-corrected chi connectivity index (χ4v) is 2.26. The second kappa shape index (κ2) is 6.76. The van der Waals surface area contributed by atoms with E-state index in [-0.39, 0.29) is 19.1 Å². The van der Waals surface area contributed by atoms with E-state index in [1.165, 1.54) is 0 Å². The highest BCUT2D eigenvalue weighted by Crippen LogP contribution is 2.42. The van der Waals surface area contributed by atoms with Crippen LogP contribution in [0.4, 0.5) is 0 Å². The number of hydrogen-bond acceptors (Lipinski definition) is 4. The van der Waals surface area contributed by atoms with E-state index in [4.69, 9.17) is 9.84 Å². The van der Waals surface area contributed by atoms with Crippen molar-refractivity contribution in [3.63, 3.8) is 0 Å². The van der Waals surface area contributed by atoms with E-state index in [2.05, 4.69) is 17.9 Å². The first kappa shape index (κ1) is 17.2. The minimum Gasteiger partial charge on any atom is -0.478 e. The molecule has 1 fully saturated rings. The van der Waals surface area contributed by atoms with Gasteiger partial charge in [0.25, 0.3) is 0 Å². The summed E-state index contributed by atoms with van der Waals surface area (Å²) in [5.41, 5.74) is -2.13. The van der Waals surface area contributed by atoms with Crippen molar-refractivity contribution in [2.45, 2.75) is 39.2 Å². The van der Waals surface area contributed by atoms with E-state index in [0.29, 0.717) is 12.0 Å². The van der Waals surface area contributed by atoms with Crippen LogP contribution in [0.1, 0.15) is 33.6 Å². The lowest BCUT2D eigenvalue weighted by molar-refractivity contribution is -0.180. The summed E-state index contributed by atoms with van der Waals surface area (Å²) in [5.74, 6) is 4.16. The minimum absolute atomic E-state index is 0.138. The molecular weight excluding hydrogens is 270 g/mol. The lowest BCUT2D eigenvalue weighted by Gasteiger charge is -2.47. The van der Waals surface area contributed by atoms with Gasteiger partial charge in [0.15, 0.2) is 5.60 Å². The summed E-state index contributed by atoms with van der Waals surface area (Å²) in [6.45, 7) is 5.76. The molecule has 0 spiro atoms. The topological polar surface area (TPSA) is 90.5 Å². The third-order valence-corrected chi connectivity index (χ3v) is 3.71. The van der Waals surface area contributed by atoms with Crippen LogP contribution in [0, 0.1) is 34.5 Å². The van der Waals surface area contributed by atoms with E-state index in [0.717, 1.165) is 12.5 Å². The van der Waals surface area contributed by atoms with Crippen molar-refractivity contribution in [1.29, 1.82) is 5.26 Å². The molecule has 0 amide bonds. The van der Waals surface area contributed by atoms with Gasteiger partial charge in [-0.25, -0.2) is 4.79 Å². The highest BCUT2D eigenvalue weighted by Gasteiger charge is 2.57. The van der Waals surface area contributed by atoms with Crippen LogP contribution in [0.2, 0.25) is 0 Å². The molecule has 0 bridgehead atoms. The van der Waals surface area contributed by atoms with E-state index >= 15 is 0 Å². The third-order valence-electron chi connectivity index (χ3n) is 3.71. The second-order valence-corrected chi connectivity index (χ2v) is 5.62. The summed E-state index contributed by atoms with van der Waals surface area (Å²) in [5, 5.41) is 29.1. The molecule has 5 heteroatoms. The minimum atomic E-state index is -1.52. The lowest BCUT2D eigenvalue weighted by atomic mass is 9.66. The van der Waals surface area contributed by atoms with Crippen LogP contribution in [0.5, 0.6) is 0 Å². The zero-order valence-electron chi connectivity index (χ0n) is 12.6. The van der Waals surface area contributed by atoms with Gasteiger partial charge >= 0.3 is 5.97 Å². The smallest absolute Gasteiger partial charge is 0.329 e. The number of aliphatic hydroxyl groups is 1. The maximum atomic E-state index is 10.9. The van der Waals surface area contributed by atoms with Gasteiger partial charge in [-0.3, -0.25) is 0 Å². The van der Waals surface area contributed by atoms with E-state index < -0.39 is 17.0 Å². The molecule has 0 unspecified atom stereocenters. The molecule has 2 N–H and O–H groups in total. The van der Waals surface area contributed by atoms with Gasteiger partial charge in [-0.2, -0.15) is 5.26 Å². The summed E-state index contributed by atoms with van der Waals surface area (Å²) in [4.78, 5) is 10.8. The van der Waals surface area contributed by atoms with Gasteiger partial charge in [0.05, 0.1) is 19.3 Å². The number of carbonyl (C=O) groups is 1. The number of allylic oxidation sites excluding steroid dienone is 1. The van der Waals surface area contributed by atoms with Crippen molar-refractivity contribution in [2.24, 2.45) is 11.3 Å². The number of nitriles is 1. The maximum absolute atomic E-state index is 10.9. The molecule has 0 aromatic heterocycles. The Labute approximate surface area is 125 Å². The Hall–Kier alpha value is -1.82. The molecule has 0 aromatic carbocycles. The second-order valence-electron chi connectivity index (χ2n) is 5.62. The Morgan fingerprint density at radius 2 is 2.14 bits per heavy atom. The molecule has 114 valence electrons. The van der Waals surface area contributed by atoms with Crippen LogP contribution in [0.15, 0.2) is 11.6 Å². The third kappa shape index (κ3) is 3.44. The van der Waals surface area contributed by atoms with E-state index in [9.17, 15) is 15.2 Å². The first-order valence-corrected chi connectivity index (χ1v) is 6.99. The molecule has 1 aliphatic rings. The first-order valence-electron chi connectivity index (χ1n) is 6.99. The van der Waals surface area contributed by atoms with Gasteiger partial charge in [0.2, 0.25) is 0 Å². The van der Waals surface area contributed by atoms with Crippen LogP contribution in [-0.2, 0) is 9.53 Å². The van der Waals surface area contributed by atoms with Crippen molar-refractivity contribution < 1.29 is 19.7 Å². The predicted molar refractivity (Wildman–Crippen MR) is 77.1 cm³/mol. The molecule has 1 rings (SSSR count). The molecule has 0 aliphatic carbocycles. The number of carboxylic acids is 1. The average molecular weight is 291 g/mol. The number of hydrogen-bond donors (Lipinski definition) is 2. The van der Waals surface area contributed by atoms with Crippen LogP contribution in [0.25, 0.3) is 0 Å². The lowest BCUT2D eigenvalue weighted by Crippen LogP contribution is -2.61. The number of nitrogens with zero attached hydrogens (tertiary/aromatic N) is 1. The summed E-state index contributed by atoms with van der Waals surface area (Å²) in [6.07, 6.45) is 2.32. The van der Waals surface area contributed by atoms with Crippen LogP contribution < -0.4 is 0 Å². The Morgan fingerprint density at radius 1 is 1.52 bits per heavy atom. The predicted octanol–water partition coefficient (Wildman–Crippen LogP) is 1.73. The Kier molecular flexibility index (Phi) is 5.54. The highest BCUT2D eigenvalue weighted by atomic mass is 16.5. The SMILES string of the molecule is CCC/C(C#C[C@@](O)(C(C)C)C1(C#N)COC1)=C/C(=O)O. The summed E-state index contributed by atoms with van der Waals surface area (Å²) < 4.78 is 5.09. The van der Waals surface area contributed by atoms with Gasteiger partial charge < -0.3 is 14.9 Å². The summed E-state index contributed by atoms with van der Waals surface area (Å²) in [7, 11) is 0. The molecule has 5 nitrogen and oxygen atoms in total. The molecule has 1 saturated heterocycles. The van der Waals surface area contributed by atoms with Crippen LogP contribution in [-0.4, -0.2) is 35.0 Å². The van der Waals surface area contributed by atoms with Crippen molar-refractivity contribution in [1.82, 2.24) is 0 Å². The average Bonchev–Trinajstić information content (AvgIpc) is 2.34. The quantitative estimate of drug-likeness (QED) is 0.594. The fourth-order valence-electron chi connectivity index (χ4n) is 2.26. The molecule has 1 atom stereocenters. The van der Waals surface area contributed by atoms with Crippen molar-refractivity contribution in [3.8, 4) is 17.9 Å². The van der Waals surface area contributed by atoms with Crippen LogP contribution >= 0.6 is 0 Å². The van der Waals surface area contributed by atoms with Gasteiger partial charge in [-0.15, -0.1) is 0 Å². The van der Waals surface area contributed by atoms with Gasteiger partial charge in [0, 0.05) is 11.6 Å². The monoisotopic (exact) mass is 291 g/mol. The van der Waals surface area contributed by atoms with Gasteiger partial charge in [-0.05, 0) is 12.3 Å². The van der Waals surface area contributed by atoms with Gasteiger partial charge in [-0.1, -0.05) is 39.0 Å². The Balaban J connectivity index is 3.18. The highest BCUT2D eigenvalue weighted by molar-refractivity contribution is 5.81. The normalized spacial score (nSPS) is 19.7. The van der Waals surface area contributed by atoms with E-state index in [1.54, 1.807) is 13.8 Å². The summed E-state index contributed by atoms with van der Waals surface area (Å²) >= 11 is 0. The number of carboxylic acid groups (broad SMARTS) is 1. The fraction of sp³-hybridized carbons (Fsp3) is 0.625. The van der Waals surface area contributed by atoms with E-state index in [1.807, 2.05) is 6.92 Å². The Morgan fingerprint density at radius 3 is 2.48 bits per heavy atom. The van der Waals surface area contributed by atoms with Crippen molar-refractivity contribution in [3.05, 3.63) is 11.6 Å². The largest absolute Gasteiger partial charge is 0.478 e. The molecule has 1 aliphatic heterocycles. The molecule has 0 saturated carbocycles. The number of ether oxygens (including phenoxy) is 1. The maximum Gasteiger partial charge on any atom is 0.329 e. The zero-order chi connectivity index (χ0) is 16.1. The van der Waals surface area contributed by atoms with Gasteiger partial charge in [0.1, 0.15) is 5.41 Å². The molecular formula is C16H21NO4. The number of rotatable bonds is 5. The standard InChI is InChI=1S/C16H21NO4/c1-4-5-13(8-14(18)19)6-7-16(20,12(2)3)15(9-17)10-21-11-15/h8,12,20H,4-5,10-11H2,1-3H3,(H,18,19)/b13-8-/t16-/m1/s1. The molecule has 0 radical (unpaired) electrons. The first-order chi connectivity index (χ1) is 9.81.